The van der Waals surface area contributed by atoms with Gasteiger partial charge in [0, 0.05) is 19.7 Å². The standard InChI is InChI=1S/C10H15N3O7S.Na.H/c1-11-9(14)7-3-6(5-19-2)12-4-8(7)13(10(12)15)20-21(16,17)18;;/h3,6,8H,4-5H2,1-2H3,(H,11,14)(H,16,17,18);;. The molecule has 0 aliphatic carbocycles. The molecule has 2 heterocycles. The molecule has 1 fully saturated rings. The molecule has 2 atom stereocenters. The second-order valence-corrected chi connectivity index (χ2v) is 5.51. The summed E-state index contributed by atoms with van der Waals surface area (Å²) in [5.74, 6) is -0.473. The molecule has 10 nitrogen and oxygen atoms in total. The zero-order chi connectivity index (χ0) is 15.8. The maximum atomic E-state index is 12.1. The fourth-order valence-corrected chi connectivity index (χ4v) is 2.74. The average molecular weight is 345 g/mol. The van der Waals surface area contributed by atoms with Crippen LogP contribution in [0.3, 0.4) is 0 Å². The first kappa shape index (κ1) is 19.4. The van der Waals surface area contributed by atoms with Gasteiger partial charge in [0.25, 0.3) is 0 Å². The van der Waals surface area contributed by atoms with Gasteiger partial charge in [-0.2, -0.15) is 13.5 Å². The van der Waals surface area contributed by atoms with Crippen molar-refractivity contribution in [2.45, 2.75) is 12.1 Å². The minimum absolute atomic E-state index is 0. The zero-order valence-electron chi connectivity index (χ0n) is 11.3. The van der Waals surface area contributed by atoms with E-state index < -0.39 is 34.4 Å². The molecular weight excluding hydrogens is 329 g/mol. The van der Waals surface area contributed by atoms with E-state index in [9.17, 15) is 18.0 Å². The van der Waals surface area contributed by atoms with Crippen molar-refractivity contribution in [1.82, 2.24) is 15.3 Å². The molecule has 1 saturated heterocycles. The number of urea groups is 1. The SMILES string of the molecule is CNC(=O)C1=CC(COC)N2CC1N(OS(=O)(=O)O)C2=O.[NaH]. The third kappa shape index (κ3) is 3.79. The van der Waals surface area contributed by atoms with E-state index in [1.54, 1.807) is 0 Å². The number of carbonyl (C=O) groups excluding carboxylic acids is 2. The molecule has 0 saturated carbocycles. The Hall–Kier alpha value is -0.690. The first-order valence-corrected chi connectivity index (χ1v) is 7.34. The van der Waals surface area contributed by atoms with Gasteiger partial charge in [-0.25, -0.2) is 4.79 Å². The molecule has 2 unspecified atom stereocenters. The Labute approximate surface area is 149 Å². The third-order valence-electron chi connectivity index (χ3n) is 3.22. The molecule has 120 valence electrons. The molecule has 2 rings (SSSR count). The molecule has 3 amide bonds. The molecule has 0 radical (unpaired) electrons. The summed E-state index contributed by atoms with van der Waals surface area (Å²) in [7, 11) is -2.03. The second kappa shape index (κ2) is 7.25. The summed E-state index contributed by atoms with van der Waals surface area (Å²) in [6.45, 7) is 0.195. The summed E-state index contributed by atoms with van der Waals surface area (Å²) in [4.78, 5) is 25.3. The number of ether oxygens (including phenoxy) is 1. The summed E-state index contributed by atoms with van der Waals surface area (Å²) in [5.41, 5.74) is 0.172. The summed E-state index contributed by atoms with van der Waals surface area (Å²) in [6, 6.07) is -2.22. The fraction of sp³-hybridized carbons (Fsp3) is 0.600. The minimum atomic E-state index is -4.88. The Morgan fingerprint density at radius 2 is 2.18 bits per heavy atom. The van der Waals surface area contributed by atoms with Gasteiger partial charge in [-0.1, -0.05) is 0 Å². The summed E-state index contributed by atoms with van der Waals surface area (Å²) in [6.07, 6.45) is 1.52. The van der Waals surface area contributed by atoms with Crippen molar-refractivity contribution < 1.29 is 31.6 Å². The number of nitrogens with one attached hydrogen (secondary N) is 1. The van der Waals surface area contributed by atoms with Gasteiger partial charge in [0.15, 0.2) is 0 Å². The number of nitrogens with zero attached hydrogens (tertiary/aromatic N) is 2. The molecule has 0 aromatic heterocycles. The van der Waals surface area contributed by atoms with Crippen LogP contribution in [0.5, 0.6) is 0 Å². The molecule has 12 heteroatoms. The number of fused-ring (bicyclic) bond motifs is 2. The van der Waals surface area contributed by atoms with Gasteiger partial charge < -0.3 is 15.0 Å². The van der Waals surface area contributed by atoms with Crippen LogP contribution in [-0.4, -0.2) is 104 Å². The maximum absolute atomic E-state index is 12.1. The van der Waals surface area contributed by atoms with Gasteiger partial charge in [0.2, 0.25) is 5.91 Å². The van der Waals surface area contributed by atoms with E-state index in [0.717, 1.165) is 0 Å². The topological polar surface area (TPSA) is 125 Å². The summed E-state index contributed by atoms with van der Waals surface area (Å²) < 4.78 is 39.7. The van der Waals surface area contributed by atoms with Gasteiger partial charge in [0.05, 0.1) is 19.2 Å². The van der Waals surface area contributed by atoms with Crippen LogP contribution in [0.25, 0.3) is 0 Å². The molecule has 0 aromatic rings. The number of carbonyl (C=O) groups is 2. The number of methoxy groups -OCH3 is 1. The number of hydrogen-bond donors (Lipinski definition) is 2. The van der Waals surface area contributed by atoms with Crippen molar-refractivity contribution >= 4 is 51.9 Å². The molecule has 2 N–H and O–H groups in total. The number of amides is 3. The summed E-state index contributed by atoms with van der Waals surface area (Å²) in [5, 5.41) is 2.88. The van der Waals surface area contributed by atoms with Crippen molar-refractivity contribution in [3.63, 3.8) is 0 Å². The second-order valence-electron chi connectivity index (χ2n) is 4.50. The molecule has 2 bridgehead atoms. The average Bonchev–Trinajstić information content (AvgIpc) is 2.66. The molecule has 2 aliphatic heterocycles. The predicted octanol–water partition coefficient (Wildman–Crippen LogP) is -2.12. The summed E-state index contributed by atoms with van der Waals surface area (Å²) >= 11 is 0. The van der Waals surface area contributed by atoms with Crippen LogP contribution < -0.4 is 5.32 Å². The van der Waals surface area contributed by atoms with Gasteiger partial charge in [-0.15, -0.1) is 4.28 Å². The van der Waals surface area contributed by atoms with E-state index >= 15 is 0 Å². The van der Waals surface area contributed by atoms with Crippen LogP contribution in [0.1, 0.15) is 0 Å². The monoisotopic (exact) mass is 345 g/mol. The Balaban J connectivity index is 0.00000242. The Bertz CT molecular complexity index is 593. The van der Waals surface area contributed by atoms with Crippen LogP contribution in [0.15, 0.2) is 11.6 Å². The van der Waals surface area contributed by atoms with Crippen LogP contribution in [0, 0.1) is 0 Å². The van der Waals surface area contributed by atoms with Crippen molar-refractivity contribution in [1.29, 1.82) is 0 Å². The molecule has 0 spiro atoms. The van der Waals surface area contributed by atoms with Gasteiger partial charge >= 0.3 is 46.0 Å². The Kier molecular flexibility index (Phi) is 6.38. The van der Waals surface area contributed by atoms with Crippen LogP contribution in [-0.2, 0) is 24.2 Å². The molecular formula is C10H16N3NaO7S. The van der Waals surface area contributed by atoms with E-state index in [1.807, 2.05) is 0 Å². The Morgan fingerprint density at radius 3 is 2.68 bits per heavy atom. The number of likely N-dealkylation sites (N-methyl/N-ethyl adjacent to an activating group) is 1. The number of rotatable bonds is 5. The first-order valence-electron chi connectivity index (χ1n) is 5.98. The molecule has 0 aromatic carbocycles. The zero-order valence-corrected chi connectivity index (χ0v) is 12.2. The van der Waals surface area contributed by atoms with E-state index in [1.165, 1.54) is 25.1 Å². The fourth-order valence-electron chi connectivity index (χ4n) is 2.37. The molecule has 22 heavy (non-hydrogen) atoms. The third-order valence-corrected chi connectivity index (χ3v) is 3.57. The van der Waals surface area contributed by atoms with Crippen molar-refractivity contribution in [3.8, 4) is 0 Å². The molecule has 2 aliphatic rings. The van der Waals surface area contributed by atoms with Crippen molar-refractivity contribution in [3.05, 3.63) is 11.6 Å². The van der Waals surface area contributed by atoms with Crippen LogP contribution in [0.4, 0.5) is 4.79 Å². The Morgan fingerprint density at radius 1 is 1.55 bits per heavy atom. The van der Waals surface area contributed by atoms with Crippen molar-refractivity contribution in [2.75, 3.05) is 27.3 Å². The predicted molar refractivity (Wildman–Crippen MR) is 75.3 cm³/mol. The first-order chi connectivity index (χ1) is 9.78. The van der Waals surface area contributed by atoms with Gasteiger partial charge in [-0.3, -0.25) is 9.35 Å². The van der Waals surface area contributed by atoms with E-state index in [4.69, 9.17) is 9.29 Å². The number of hydroxylamine groups is 2. The van der Waals surface area contributed by atoms with E-state index in [-0.39, 0.29) is 48.3 Å². The van der Waals surface area contributed by atoms with E-state index in [0.29, 0.717) is 5.06 Å². The quantitative estimate of drug-likeness (QED) is 0.431. The van der Waals surface area contributed by atoms with Crippen molar-refractivity contribution in [2.24, 2.45) is 0 Å². The van der Waals surface area contributed by atoms with Gasteiger partial charge in [-0.05, 0) is 6.08 Å². The van der Waals surface area contributed by atoms with Gasteiger partial charge in [0.1, 0.15) is 6.04 Å². The number of hydrogen-bond acceptors (Lipinski definition) is 6. The van der Waals surface area contributed by atoms with Crippen LogP contribution >= 0.6 is 0 Å². The van der Waals surface area contributed by atoms with E-state index in [2.05, 4.69) is 9.60 Å². The van der Waals surface area contributed by atoms with Crippen LogP contribution in [0.2, 0.25) is 0 Å². The normalized spacial score (nSPS) is 24.0.